The van der Waals surface area contributed by atoms with Crippen LogP contribution in [-0.2, 0) is 14.5 Å². The zero-order chi connectivity index (χ0) is 10.1. The molecule has 0 amide bonds. The van der Waals surface area contributed by atoms with E-state index in [1.165, 1.54) is 6.92 Å². The Bertz CT molecular complexity index is 193. The van der Waals surface area contributed by atoms with Gasteiger partial charge in [0.15, 0.2) is 0 Å². The fraction of sp³-hybridized carbons (Fsp3) is 0.250. The van der Waals surface area contributed by atoms with Gasteiger partial charge in [-0.15, -0.1) is 0 Å². The van der Waals surface area contributed by atoms with Crippen LogP contribution in [0.2, 0.25) is 0 Å². The van der Waals surface area contributed by atoms with Crippen LogP contribution >= 0.6 is 0 Å². The Kier molecular flexibility index (Phi) is 8.45. The lowest BCUT2D eigenvalue weighted by molar-refractivity contribution is -0.229. The normalized spacial score (nSPS) is 7.25. The first-order valence-electron chi connectivity index (χ1n) is 3.07. The lowest BCUT2D eigenvalue weighted by Crippen LogP contribution is -1.99. The zero-order valence-electron chi connectivity index (χ0n) is 7.16. The number of hydrogen-bond acceptors (Lipinski definition) is 4. The lowest BCUT2D eigenvalue weighted by Gasteiger charge is -1.88. The van der Waals surface area contributed by atoms with Gasteiger partial charge in [-0.1, -0.05) is 13.2 Å². The van der Waals surface area contributed by atoms with Crippen molar-refractivity contribution in [1.82, 2.24) is 0 Å². The summed E-state index contributed by atoms with van der Waals surface area (Å²) in [6.45, 7) is 9.60. The molecule has 4 nitrogen and oxygen atoms in total. The molecule has 0 atom stereocenters. The maximum absolute atomic E-state index is 9.94. The van der Waals surface area contributed by atoms with E-state index in [4.69, 9.17) is 5.26 Å². The van der Waals surface area contributed by atoms with E-state index in [-0.39, 0.29) is 5.57 Å². The molecule has 4 heteroatoms. The highest BCUT2D eigenvalue weighted by Crippen LogP contribution is 1.86. The molecule has 0 unspecified atom stereocenters. The summed E-state index contributed by atoms with van der Waals surface area (Å²) in [6.07, 6.45) is 0.722. The first-order valence-corrected chi connectivity index (χ1v) is 3.07. The molecule has 0 aromatic rings. The van der Waals surface area contributed by atoms with E-state index in [9.17, 15) is 9.59 Å². The van der Waals surface area contributed by atoms with Gasteiger partial charge < -0.3 is 0 Å². The van der Waals surface area contributed by atoms with Gasteiger partial charge in [-0.2, -0.15) is 5.26 Å². The van der Waals surface area contributed by atoms with Gasteiger partial charge in [0, 0.05) is 5.57 Å². The molecule has 0 spiro atoms. The van der Waals surface area contributed by atoms with Crippen LogP contribution in [0.3, 0.4) is 0 Å². The minimum atomic E-state index is -0.792. The van der Waals surface area contributed by atoms with Crippen molar-refractivity contribution in [3.8, 4) is 0 Å². The molecule has 68 valence electrons. The molecule has 12 heavy (non-hydrogen) atoms. The second-order valence-electron chi connectivity index (χ2n) is 2.12. The van der Waals surface area contributed by atoms with Gasteiger partial charge in [0.25, 0.3) is 0 Å². The molecule has 1 N–H and O–H groups in total. The molecule has 0 radical (unpaired) electrons. The Hall–Kier alpha value is -1.42. The van der Waals surface area contributed by atoms with Crippen LogP contribution in [0.1, 0.15) is 13.8 Å². The SMILES string of the molecule is C=C(C)C(=O)OO.C=C(C)C=O. The Balaban J connectivity index is 0. The first-order chi connectivity index (χ1) is 5.45. The van der Waals surface area contributed by atoms with E-state index in [2.05, 4.69) is 18.0 Å². The van der Waals surface area contributed by atoms with Crippen molar-refractivity contribution in [3.05, 3.63) is 24.3 Å². The van der Waals surface area contributed by atoms with Crippen molar-refractivity contribution in [2.45, 2.75) is 13.8 Å². The summed E-state index contributed by atoms with van der Waals surface area (Å²) in [5.74, 6) is -0.792. The van der Waals surface area contributed by atoms with Crippen LogP contribution < -0.4 is 0 Å². The molecule has 0 aliphatic heterocycles. The molecule has 0 rings (SSSR count). The molecular formula is C8H12O4. The van der Waals surface area contributed by atoms with Crippen LogP contribution in [0.15, 0.2) is 24.3 Å². The van der Waals surface area contributed by atoms with Crippen molar-refractivity contribution in [3.63, 3.8) is 0 Å². The fourth-order valence-electron chi connectivity index (χ4n) is 0.0779. The topological polar surface area (TPSA) is 63.6 Å². The fourth-order valence-corrected chi connectivity index (χ4v) is 0.0779. The minimum Gasteiger partial charge on any atom is -0.298 e. The van der Waals surface area contributed by atoms with Crippen LogP contribution in [0, 0.1) is 0 Å². The van der Waals surface area contributed by atoms with Gasteiger partial charge in [-0.25, -0.2) is 4.79 Å². The van der Waals surface area contributed by atoms with Crippen molar-refractivity contribution >= 4 is 12.3 Å². The van der Waals surface area contributed by atoms with Crippen LogP contribution in [-0.4, -0.2) is 17.5 Å². The van der Waals surface area contributed by atoms with Crippen molar-refractivity contribution in [2.75, 3.05) is 0 Å². The zero-order valence-corrected chi connectivity index (χ0v) is 7.16. The summed E-state index contributed by atoms with van der Waals surface area (Å²) in [7, 11) is 0. The van der Waals surface area contributed by atoms with E-state index in [1.54, 1.807) is 6.92 Å². The van der Waals surface area contributed by atoms with Gasteiger partial charge in [0.2, 0.25) is 0 Å². The molecule has 0 aliphatic rings. The molecule has 0 saturated heterocycles. The van der Waals surface area contributed by atoms with Gasteiger partial charge in [-0.05, 0) is 19.4 Å². The second-order valence-corrected chi connectivity index (χ2v) is 2.12. The number of carbonyl (C=O) groups is 2. The summed E-state index contributed by atoms with van der Waals surface area (Å²) in [6, 6.07) is 0. The van der Waals surface area contributed by atoms with Gasteiger partial charge in [0.05, 0.1) is 0 Å². The van der Waals surface area contributed by atoms with E-state index < -0.39 is 5.97 Å². The summed E-state index contributed by atoms with van der Waals surface area (Å²) in [5, 5.41) is 7.59. The largest absolute Gasteiger partial charge is 0.367 e. The summed E-state index contributed by atoms with van der Waals surface area (Å²) in [5.41, 5.74) is 0.757. The van der Waals surface area contributed by atoms with E-state index in [0.29, 0.717) is 5.57 Å². The monoisotopic (exact) mass is 172 g/mol. The molecule has 0 saturated carbocycles. The number of aldehydes is 1. The van der Waals surface area contributed by atoms with E-state index >= 15 is 0 Å². The third-order valence-corrected chi connectivity index (χ3v) is 0.633. The maximum atomic E-state index is 9.94. The smallest absolute Gasteiger partial charge is 0.298 e. The predicted octanol–water partition coefficient (Wildman–Crippen LogP) is 1.34. The molecule has 0 bridgehead atoms. The standard InChI is InChI=1S/C4H6O3.C4H6O/c1-3(2)4(5)7-6;1-4(2)3-5/h6H,1H2,2H3;3H,1H2,2H3. The van der Waals surface area contributed by atoms with Crippen molar-refractivity contribution in [2.24, 2.45) is 0 Å². The van der Waals surface area contributed by atoms with E-state index in [1.807, 2.05) is 0 Å². The van der Waals surface area contributed by atoms with Gasteiger partial charge >= 0.3 is 5.97 Å². The highest BCUT2D eigenvalue weighted by atomic mass is 17.1. The predicted molar refractivity (Wildman–Crippen MR) is 44.4 cm³/mol. The maximum Gasteiger partial charge on any atom is 0.367 e. The minimum absolute atomic E-state index is 0.183. The highest BCUT2D eigenvalue weighted by molar-refractivity contribution is 5.86. The quantitative estimate of drug-likeness (QED) is 0.295. The van der Waals surface area contributed by atoms with E-state index in [0.717, 1.165) is 6.29 Å². The van der Waals surface area contributed by atoms with Crippen LogP contribution in [0.5, 0.6) is 0 Å². The second kappa shape index (κ2) is 7.68. The third-order valence-electron chi connectivity index (χ3n) is 0.633. The van der Waals surface area contributed by atoms with Crippen molar-refractivity contribution in [1.29, 1.82) is 0 Å². The Labute approximate surface area is 71.1 Å². The average molecular weight is 172 g/mol. The Morgan fingerprint density at radius 2 is 1.75 bits per heavy atom. The number of rotatable bonds is 2. The molecule has 0 fully saturated rings. The third kappa shape index (κ3) is 11.4. The summed E-state index contributed by atoms with van der Waals surface area (Å²) >= 11 is 0. The molecule has 0 heterocycles. The van der Waals surface area contributed by atoms with Gasteiger partial charge in [0.1, 0.15) is 6.29 Å². The Morgan fingerprint density at radius 3 is 1.75 bits per heavy atom. The number of allylic oxidation sites excluding steroid dienone is 1. The average Bonchev–Trinajstić information content (AvgIpc) is 2.04. The molecule has 0 aliphatic carbocycles. The first kappa shape index (κ1) is 13.2. The number of hydrogen-bond donors (Lipinski definition) is 1. The molecular weight excluding hydrogens is 160 g/mol. The molecule has 0 aromatic heterocycles. The number of carbonyl (C=O) groups excluding carboxylic acids is 2. The van der Waals surface area contributed by atoms with Crippen LogP contribution in [0.4, 0.5) is 0 Å². The summed E-state index contributed by atoms with van der Waals surface area (Å²) in [4.78, 5) is 22.6. The van der Waals surface area contributed by atoms with Crippen LogP contribution in [0.25, 0.3) is 0 Å². The Morgan fingerprint density at radius 1 is 1.42 bits per heavy atom. The van der Waals surface area contributed by atoms with Crippen molar-refractivity contribution < 1.29 is 19.7 Å². The lowest BCUT2D eigenvalue weighted by atomic mass is 10.4. The summed E-state index contributed by atoms with van der Waals surface area (Å²) < 4.78 is 0. The highest BCUT2D eigenvalue weighted by Gasteiger charge is 1.98. The van der Waals surface area contributed by atoms with Gasteiger partial charge in [-0.3, -0.25) is 9.68 Å². The molecule has 0 aromatic carbocycles.